The molecule has 0 fully saturated rings. The number of nitrogens with one attached hydrogen (secondary N) is 2. The quantitative estimate of drug-likeness (QED) is 0.792. The maximum atomic E-state index is 11.9. The van der Waals surface area contributed by atoms with Crippen molar-refractivity contribution < 1.29 is 14.3 Å². The van der Waals surface area contributed by atoms with Gasteiger partial charge < -0.3 is 10.1 Å². The summed E-state index contributed by atoms with van der Waals surface area (Å²) in [6, 6.07) is 11.5. The van der Waals surface area contributed by atoms with E-state index < -0.39 is 12.0 Å². The number of esters is 1. The molecule has 0 aliphatic heterocycles. The Morgan fingerprint density at radius 3 is 2.57 bits per heavy atom. The molecule has 0 aliphatic rings. The molecule has 6 nitrogen and oxygen atoms in total. The van der Waals surface area contributed by atoms with Crippen LogP contribution in [0.15, 0.2) is 48.7 Å². The van der Waals surface area contributed by atoms with Gasteiger partial charge in [-0.2, -0.15) is 0 Å². The lowest BCUT2D eigenvalue weighted by molar-refractivity contribution is -0.143. The van der Waals surface area contributed by atoms with Crippen LogP contribution in [0.25, 0.3) is 0 Å². The number of carbonyl (C=O) groups excluding carboxylic acids is 2. The van der Waals surface area contributed by atoms with E-state index in [1.165, 1.54) is 13.3 Å². The molecule has 120 valence electrons. The van der Waals surface area contributed by atoms with Gasteiger partial charge in [0.15, 0.2) is 0 Å². The number of hydrogen-bond donors (Lipinski definition) is 2. The highest BCUT2D eigenvalue weighted by molar-refractivity contribution is 6.30. The van der Waals surface area contributed by atoms with Crippen molar-refractivity contribution in [3.63, 3.8) is 0 Å². The van der Waals surface area contributed by atoms with Gasteiger partial charge in [0.25, 0.3) is 0 Å². The number of amides is 1. The average Bonchev–Trinajstić information content (AvgIpc) is 2.58. The van der Waals surface area contributed by atoms with E-state index in [4.69, 9.17) is 16.3 Å². The lowest BCUT2D eigenvalue weighted by Gasteiger charge is -2.16. The minimum Gasteiger partial charge on any atom is -0.468 e. The highest BCUT2D eigenvalue weighted by Gasteiger charge is 2.21. The minimum absolute atomic E-state index is 0.0705. The predicted octanol–water partition coefficient (Wildman–Crippen LogP) is 2.18. The molecule has 0 unspecified atom stereocenters. The highest BCUT2D eigenvalue weighted by atomic mass is 35.5. The van der Waals surface area contributed by atoms with E-state index in [2.05, 4.69) is 15.6 Å². The van der Waals surface area contributed by atoms with E-state index in [9.17, 15) is 9.59 Å². The normalized spacial score (nSPS) is 11.6. The molecule has 7 heteroatoms. The Labute approximate surface area is 138 Å². The summed E-state index contributed by atoms with van der Waals surface area (Å²) < 4.78 is 4.77. The molecule has 0 bridgehead atoms. The summed E-state index contributed by atoms with van der Waals surface area (Å²) in [5, 5.41) is 5.97. The molecule has 1 aromatic carbocycles. The van der Waals surface area contributed by atoms with Crippen LogP contribution in [0.2, 0.25) is 5.02 Å². The van der Waals surface area contributed by atoms with Crippen molar-refractivity contribution in [2.24, 2.45) is 0 Å². The number of pyridine rings is 1. The Morgan fingerprint density at radius 2 is 1.96 bits per heavy atom. The largest absolute Gasteiger partial charge is 0.468 e. The second-order valence-corrected chi connectivity index (χ2v) is 5.09. The zero-order chi connectivity index (χ0) is 16.7. The van der Waals surface area contributed by atoms with Crippen molar-refractivity contribution >= 4 is 29.3 Å². The van der Waals surface area contributed by atoms with Crippen LogP contribution in [0.1, 0.15) is 11.6 Å². The molecule has 2 aromatic rings. The molecule has 0 aliphatic carbocycles. The first-order chi connectivity index (χ1) is 11.1. The summed E-state index contributed by atoms with van der Waals surface area (Å²) in [5.74, 6) is -0.409. The van der Waals surface area contributed by atoms with Gasteiger partial charge in [-0.3, -0.25) is 10.1 Å². The number of methoxy groups -OCH3 is 1. The maximum absolute atomic E-state index is 11.9. The standard InChI is InChI=1S/C16H16ClN3O3/c1-23-16(22)15(11-5-3-2-4-6-11)19-10-14(21)20-13-8-7-12(17)9-18-13/h2-9,15,19H,10H2,1H3,(H,18,20,21)/t15-/m0/s1. The van der Waals surface area contributed by atoms with Gasteiger partial charge in [-0.1, -0.05) is 41.9 Å². The monoisotopic (exact) mass is 333 g/mol. The number of rotatable bonds is 6. The van der Waals surface area contributed by atoms with Crippen molar-refractivity contribution in [2.75, 3.05) is 19.0 Å². The number of anilines is 1. The number of benzene rings is 1. The lowest BCUT2D eigenvalue weighted by Crippen LogP contribution is -2.35. The van der Waals surface area contributed by atoms with Crippen LogP contribution in [-0.2, 0) is 14.3 Å². The van der Waals surface area contributed by atoms with Gasteiger partial charge in [-0.25, -0.2) is 9.78 Å². The van der Waals surface area contributed by atoms with E-state index >= 15 is 0 Å². The molecule has 2 N–H and O–H groups in total. The molecule has 0 saturated heterocycles. The smallest absolute Gasteiger partial charge is 0.327 e. The molecule has 2 rings (SSSR count). The number of hydrogen-bond acceptors (Lipinski definition) is 5. The highest BCUT2D eigenvalue weighted by Crippen LogP contribution is 2.14. The van der Waals surface area contributed by atoms with Crippen molar-refractivity contribution in [2.45, 2.75) is 6.04 Å². The first-order valence-electron chi connectivity index (χ1n) is 6.87. The van der Waals surface area contributed by atoms with Crippen LogP contribution in [0.3, 0.4) is 0 Å². The zero-order valence-corrected chi connectivity index (χ0v) is 13.2. The summed E-state index contributed by atoms with van der Waals surface area (Å²) in [6.07, 6.45) is 1.44. The molecule has 23 heavy (non-hydrogen) atoms. The first kappa shape index (κ1) is 16.9. The van der Waals surface area contributed by atoms with Gasteiger partial charge in [0.1, 0.15) is 11.9 Å². The number of carbonyl (C=O) groups is 2. The fourth-order valence-electron chi connectivity index (χ4n) is 1.93. The van der Waals surface area contributed by atoms with E-state index in [1.807, 2.05) is 18.2 Å². The van der Waals surface area contributed by atoms with E-state index in [0.29, 0.717) is 10.8 Å². The summed E-state index contributed by atoms with van der Waals surface area (Å²) in [7, 11) is 1.30. The fraction of sp³-hybridized carbons (Fsp3) is 0.188. The Bertz CT molecular complexity index is 662. The second kappa shape index (κ2) is 8.26. The fourth-order valence-corrected chi connectivity index (χ4v) is 2.04. The van der Waals surface area contributed by atoms with Gasteiger partial charge in [0.2, 0.25) is 5.91 Å². The van der Waals surface area contributed by atoms with Crippen LogP contribution >= 0.6 is 11.6 Å². The van der Waals surface area contributed by atoms with Crippen LogP contribution in [0.5, 0.6) is 0 Å². The SMILES string of the molecule is COC(=O)[C@@H](NCC(=O)Nc1ccc(Cl)cn1)c1ccccc1. The Morgan fingerprint density at radius 1 is 1.22 bits per heavy atom. The maximum Gasteiger partial charge on any atom is 0.327 e. The molecule has 0 saturated carbocycles. The summed E-state index contributed by atoms with van der Waals surface area (Å²) >= 11 is 5.73. The molecule has 0 radical (unpaired) electrons. The summed E-state index contributed by atoms with van der Waals surface area (Å²) in [4.78, 5) is 27.8. The first-order valence-corrected chi connectivity index (χ1v) is 7.25. The third-order valence-electron chi connectivity index (χ3n) is 3.03. The molecule has 1 heterocycles. The van der Waals surface area contributed by atoms with E-state index in [-0.39, 0.29) is 12.5 Å². The lowest BCUT2D eigenvalue weighted by atomic mass is 10.1. The van der Waals surface area contributed by atoms with Crippen LogP contribution in [0.4, 0.5) is 5.82 Å². The van der Waals surface area contributed by atoms with Crippen molar-refractivity contribution in [3.05, 3.63) is 59.2 Å². The second-order valence-electron chi connectivity index (χ2n) is 4.66. The zero-order valence-electron chi connectivity index (χ0n) is 12.5. The third-order valence-corrected chi connectivity index (χ3v) is 3.25. The minimum atomic E-state index is -0.717. The Kier molecular flexibility index (Phi) is 6.08. The van der Waals surface area contributed by atoms with Crippen LogP contribution in [0, 0.1) is 0 Å². The molecular formula is C16H16ClN3O3. The molecule has 1 aromatic heterocycles. The van der Waals surface area contributed by atoms with Crippen LogP contribution < -0.4 is 10.6 Å². The van der Waals surface area contributed by atoms with Gasteiger partial charge in [-0.15, -0.1) is 0 Å². The van der Waals surface area contributed by atoms with Gasteiger partial charge in [-0.05, 0) is 17.7 Å². The molecular weight excluding hydrogens is 318 g/mol. The molecule has 1 amide bonds. The summed E-state index contributed by atoms with van der Waals surface area (Å²) in [5.41, 5.74) is 0.719. The van der Waals surface area contributed by atoms with Gasteiger partial charge >= 0.3 is 5.97 Å². The van der Waals surface area contributed by atoms with Crippen LogP contribution in [-0.4, -0.2) is 30.5 Å². The van der Waals surface area contributed by atoms with Crippen molar-refractivity contribution in [1.29, 1.82) is 0 Å². The van der Waals surface area contributed by atoms with Crippen molar-refractivity contribution in [3.8, 4) is 0 Å². The average molecular weight is 334 g/mol. The Hall–Kier alpha value is -2.44. The van der Waals surface area contributed by atoms with Crippen molar-refractivity contribution in [1.82, 2.24) is 10.3 Å². The van der Waals surface area contributed by atoms with E-state index in [0.717, 1.165) is 5.56 Å². The van der Waals surface area contributed by atoms with Gasteiger partial charge in [0, 0.05) is 6.20 Å². The number of nitrogens with zero attached hydrogens (tertiary/aromatic N) is 1. The Balaban J connectivity index is 1.96. The predicted molar refractivity (Wildman–Crippen MR) is 87.1 cm³/mol. The van der Waals surface area contributed by atoms with Gasteiger partial charge in [0.05, 0.1) is 18.7 Å². The number of halogens is 1. The molecule has 0 spiro atoms. The number of aromatic nitrogens is 1. The number of ether oxygens (including phenoxy) is 1. The summed E-state index contributed by atoms with van der Waals surface area (Å²) in [6.45, 7) is -0.0705. The molecule has 1 atom stereocenters. The third kappa shape index (κ3) is 5.05. The van der Waals surface area contributed by atoms with E-state index in [1.54, 1.807) is 24.3 Å². The topological polar surface area (TPSA) is 80.3 Å².